The van der Waals surface area contributed by atoms with Gasteiger partial charge in [-0.05, 0) is 26.0 Å². The Morgan fingerprint density at radius 3 is 2.69 bits per heavy atom. The largest absolute Gasteiger partial charge is 0.375 e. The summed E-state index contributed by atoms with van der Waals surface area (Å²) in [7, 11) is 0. The summed E-state index contributed by atoms with van der Waals surface area (Å²) in [6, 6.07) is 2.34. The van der Waals surface area contributed by atoms with Gasteiger partial charge in [-0.15, -0.1) is 0 Å². The molecule has 0 unspecified atom stereocenters. The maximum atomic E-state index is 13.5. The zero-order valence-electron chi connectivity index (χ0n) is 9.03. The summed E-state index contributed by atoms with van der Waals surface area (Å²) in [4.78, 5) is 11.5. The van der Waals surface area contributed by atoms with Crippen LogP contribution in [0.2, 0.25) is 0 Å². The Morgan fingerprint density at radius 1 is 1.31 bits per heavy atom. The fourth-order valence-corrected chi connectivity index (χ4v) is 1.76. The molecule has 1 aromatic carbocycles. The van der Waals surface area contributed by atoms with Crippen molar-refractivity contribution in [3.05, 3.63) is 23.8 Å². The van der Waals surface area contributed by atoms with Gasteiger partial charge in [0.2, 0.25) is 5.91 Å². The highest BCUT2D eigenvalue weighted by Gasteiger charge is 2.29. The molecule has 2 rings (SSSR count). The van der Waals surface area contributed by atoms with E-state index in [9.17, 15) is 13.6 Å². The quantitative estimate of drug-likeness (QED) is 0.713. The molecule has 5 heteroatoms. The molecule has 0 saturated heterocycles. The van der Waals surface area contributed by atoms with E-state index in [-0.39, 0.29) is 23.7 Å². The van der Waals surface area contributed by atoms with E-state index in [1.165, 1.54) is 6.07 Å². The predicted molar refractivity (Wildman–Crippen MR) is 57.3 cm³/mol. The van der Waals surface area contributed by atoms with Crippen LogP contribution in [0.15, 0.2) is 12.1 Å². The minimum atomic E-state index is -0.965. The Balaban J connectivity index is 2.55. The average molecular weight is 226 g/mol. The van der Waals surface area contributed by atoms with Crippen LogP contribution in [-0.4, -0.2) is 11.4 Å². The summed E-state index contributed by atoms with van der Waals surface area (Å²) in [5, 5.41) is 5.38. The number of hydrogen-bond acceptors (Lipinski definition) is 2. The lowest BCUT2D eigenvalue weighted by Crippen LogP contribution is -2.33. The minimum Gasteiger partial charge on any atom is -0.375 e. The molecule has 1 aromatic rings. The highest BCUT2D eigenvalue weighted by atomic mass is 19.2. The maximum absolute atomic E-state index is 13.5. The normalized spacial score (nSPS) is 18.1. The first-order chi connectivity index (χ1) is 7.39. The first kappa shape index (κ1) is 10.9. The number of amides is 1. The molecule has 1 aliphatic heterocycles. The van der Waals surface area contributed by atoms with E-state index >= 15 is 0 Å². The number of carbonyl (C=O) groups is 1. The molecule has 0 bridgehead atoms. The van der Waals surface area contributed by atoms with Gasteiger partial charge < -0.3 is 10.6 Å². The van der Waals surface area contributed by atoms with E-state index in [1.54, 1.807) is 13.8 Å². The molecule has 1 heterocycles. The standard InChI is InChI=1S/C11H12F2N2O/c1-11(2)5-8(16)14-7-4-3-6(12)9(13)10(7)15-11/h3-4,15H,5H2,1-2H3,(H,14,16). The smallest absolute Gasteiger partial charge is 0.226 e. The zero-order valence-corrected chi connectivity index (χ0v) is 9.03. The van der Waals surface area contributed by atoms with E-state index < -0.39 is 17.2 Å². The Morgan fingerprint density at radius 2 is 2.00 bits per heavy atom. The van der Waals surface area contributed by atoms with Gasteiger partial charge in [0, 0.05) is 12.0 Å². The first-order valence-electron chi connectivity index (χ1n) is 4.95. The lowest BCUT2D eigenvalue weighted by Gasteiger charge is -2.24. The number of hydrogen-bond donors (Lipinski definition) is 2. The van der Waals surface area contributed by atoms with Gasteiger partial charge in [-0.1, -0.05) is 0 Å². The number of carbonyl (C=O) groups excluding carboxylic acids is 1. The number of benzene rings is 1. The van der Waals surface area contributed by atoms with Crippen molar-refractivity contribution in [1.29, 1.82) is 0 Å². The molecular weight excluding hydrogens is 214 g/mol. The average Bonchev–Trinajstić information content (AvgIpc) is 2.27. The van der Waals surface area contributed by atoms with Crippen LogP contribution in [0.1, 0.15) is 20.3 Å². The molecule has 0 aromatic heterocycles. The Hall–Kier alpha value is -1.65. The van der Waals surface area contributed by atoms with Gasteiger partial charge in [-0.25, -0.2) is 8.78 Å². The second-order valence-corrected chi connectivity index (χ2v) is 4.52. The van der Waals surface area contributed by atoms with E-state index in [0.29, 0.717) is 0 Å². The van der Waals surface area contributed by atoms with Crippen LogP contribution >= 0.6 is 0 Å². The lowest BCUT2D eigenvalue weighted by molar-refractivity contribution is -0.116. The molecule has 0 saturated carbocycles. The molecular formula is C11H12F2N2O. The second-order valence-electron chi connectivity index (χ2n) is 4.52. The third-order valence-electron chi connectivity index (χ3n) is 2.43. The molecule has 2 N–H and O–H groups in total. The number of halogens is 2. The molecule has 0 radical (unpaired) electrons. The van der Waals surface area contributed by atoms with Crippen molar-refractivity contribution < 1.29 is 13.6 Å². The summed E-state index contributed by atoms with van der Waals surface area (Å²) in [6.07, 6.45) is 0.197. The molecule has 1 amide bonds. The second kappa shape index (κ2) is 3.43. The summed E-state index contributed by atoms with van der Waals surface area (Å²) in [5.74, 6) is -2.12. The van der Waals surface area contributed by atoms with Crippen LogP contribution in [0.3, 0.4) is 0 Å². The van der Waals surface area contributed by atoms with E-state index in [2.05, 4.69) is 10.6 Å². The van der Waals surface area contributed by atoms with Crippen LogP contribution < -0.4 is 10.6 Å². The number of fused-ring (bicyclic) bond motifs is 1. The zero-order chi connectivity index (χ0) is 11.9. The van der Waals surface area contributed by atoms with Gasteiger partial charge in [0.1, 0.15) is 0 Å². The third kappa shape index (κ3) is 1.85. The molecule has 16 heavy (non-hydrogen) atoms. The van der Waals surface area contributed by atoms with Crippen LogP contribution in [0.4, 0.5) is 20.2 Å². The molecule has 3 nitrogen and oxygen atoms in total. The molecule has 86 valence electrons. The van der Waals surface area contributed by atoms with Crippen molar-refractivity contribution >= 4 is 17.3 Å². The summed E-state index contributed by atoms with van der Waals surface area (Å²) < 4.78 is 26.6. The van der Waals surface area contributed by atoms with Gasteiger partial charge in [0.15, 0.2) is 11.6 Å². The Kier molecular flexibility index (Phi) is 2.33. The van der Waals surface area contributed by atoms with Crippen LogP contribution in [0, 0.1) is 11.6 Å². The van der Waals surface area contributed by atoms with Crippen LogP contribution in [0.5, 0.6) is 0 Å². The maximum Gasteiger partial charge on any atom is 0.226 e. The van der Waals surface area contributed by atoms with E-state index in [4.69, 9.17) is 0 Å². The fraction of sp³-hybridized carbons (Fsp3) is 0.364. The van der Waals surface area contributed by atoms with Gasteiger partial charge in [0.05, 0.1) is 11.4 Å². The van der Waals surface area contributed by atoms with E-state index in [1.807, 2.05) is 0 Å². The van der Waals surface area contributed by atoms with Crippen molar-refractivity contribution in [2.24, 2.45) is 0 Å². The van der Waals surface area contributed by atoms with Crippen molar-refractivity contribution in [3.63, 3.8) is 0 Å². The highest BCUT2D eigenvalue weighted by molar-refractivity contribution is 5.97. The molecule has 0 fully saturated rings. The van der Waals surface area contributed by atoms with Crippen molar-refractivity contribution in [2.45, 2.75) is 25.8 Å². The van der Waals surface area contributed by atoms with Gasteiger partial charge in [0.25, 0.3) is 0 Å². The number of anilines is 2. The Bertz CT molecular complexity index is 458. The molecule has 1 aliphatic rings. The van der Waals surface area contributed by atoms with Gasteiger partial charge in [-0.3, -0.25) is 4.79 Å². The first-order valence-corrected chi connectivity index (χ1v) is 4.95. The van der Waals surface area contributed by atoms with Gasteiger partial charge in [-0.2, -0.15) is 0 Å². The molecule has 0 atom stereocenters. The molecule has 0 spiro atoms. The third-order valence-corrected chi connectivity index (χ3v) is 2.43. The summed E-state index contributed by atoms with van der Waals surface area (Å²) >= 11 is 0. The highest BCUT2D eigenvalue weighted by Crippen LogP contribution is 2.33. The lowest BCUT2D eigenvalue weighted by atomic mass is 10.0. The van der Waals surface area contributed by atoms with Gasteiger partial charge >= 0.3 is 0 Å². The van der Waals surface area contributed by atoms with Crippen molar-refractivity contribution in [1.82, 2.24) is 0 Å². The monoisotopic (exact) mass is 226 g/mol. The van der Waals surface area contributed by atoms with Crippen LogP contribution in [-0.2, 0) is 4.79 Å². The minimum absolute atomic E-state index is 0.0100. The Labute approximate surface area is 91.8 Å². The van der Waals surface area contributed by atoms with Crippen molar-refractivity contribution in [2.75, 3.05) is 10.6 Å². The summed E-state index contributed by atoms with van der Waals surface area (Å²) in [5.41, 5.74) is -0.324. The van der Waals surface area contributed by atoms with E-state index in [0.717, 1.165) is 6.07 Å². The number of nitrogens with one attached hydrogen (secondary N) is 2. The molecule has 0 aliphatic carbocycles. The SMILES string of the molecule is CC1(C)CC(=O)Nc2ccc(F)c(F)c2N1. The number of rotatable bonds is 0. The fourth-order valence-electron chi connectivity index (χ4n) is 1.76. The summed E-state index contributed by atoms with van der Waals surface area (Å²) in [6.45, 7) is 3.51. The van der Waals surface area contributed by atoms with Crippen LogP contribution in [0.25, 0.3) is 0 Å². The van der Waals surface area contributed by atoms with Crippen molar-refractivity contribution in [3.8, 4) is 0 Å². The predicted octanol–water partition coefficient (Wildman–Crippen LogP) is 2.50. The topological polar surface area (TPSA) is 41.1 Å².